The zero-order valence-corrected chi connectivity index (χ0v) is 11.8. The fourth-order valence-electron chi connectivity index (χ4n) is 2.09. The summed E-state index contributed by atoms with van der Waals surface area (Å²) in [5, 5.41) is 38.7. The maximum atomic E-state index is 11.0. The number of hydrogen-bond acceptors (Lipinski definition) is 6. The Morgan fingerprint density at radius 1 is 1.18 bits per heavy atom. The number of hydrogen-bond donors (Lipinski definition) is 4. The molecular weight excluding hydrogens is 292 g/mol. The molecule has 118 valence electrons. The van der Waals surface area contributed by atoms with Crippen LogP contribution in [0.2, 0.25) is 0 Å². The average molecular weight is 308 g/mol. The third kappa shape index (κ3) is 2.78. The van der Waals surface area contributed by atoms with E-state index >= 15 is 0 Å². The molecule has 0 spiro atoms. The quantitative estimate of drug-likeness (QED) is 0.660. The Morgan fingerprint density at radius 3 is 2.36 bits per heavy atom. The number of carbonyl (C=O) groups is 1. The maximum Gasteiger partial charge on any atom is 0.334 e. The minimum Gasteiger partial charge on any atom is -0.505 e. The Bertz CT molecular complexity index is 633. The summed E-state index contributed by atoms with van der Waals surface area (Å²) >= 11 is 0. The monoisotopic (exact) mass is 308 g/mol. The van der Waals surface area contributed by atoms with E-state index in [0.29, 0.717) is 5.75 Å². The maximum absolute atomic E-state index is 11.0. The van der Waals surface area contributed by atoms with Gasteiger partial charge in [-0.15, -0.1) is 0 Å². The zero-order valence-electron chi connectivity index (χ0n) is 11.8. The van der Waals surface area contributed by atoms with Gasteiger partial charge in [-0.1, -0.05) is 25.1 Å². The molecule has 0 radical (unpaired) electrons. The largest absolute Gasteiger partial charge is 0.505 e. The summed E-state index contributed by atoms with van der Waals surface area (Å²) in [7, 11) is 0. The highest BCUT2D eigenvalue weighted by Crippen LogP contribution is 2.39. The first-order valence-corrected chi connectivity index (χ1v) is 6.59. The standard InChI is InChI=1S/C15H16O7/c1-2-15(8-10(16)17)13(20)11(18)12(19)14(22-15)21-9-6-4-3-5-7-9/h3-7,18-20H,2,8H2,1H3,(H,16,17). The van der Waals surface area contributed by atoms with Crippen LogP contribution in [0.15, 0.2) is 53.6 Å². The molecule has 7 nitrogen and oxygen atoms in total. The topological polar surface area (TPSA) is 116 Å². The average Bonchev–Trinajstić information content (AvgIpc) is 2.50. The zero-order chi connectivity index (χ0) is 16.3. The number of aliphatic carboxylic acids is 1. The fraction of sp³-hybridized carbons (Fsp3) is 0.267. The van der Waals surface area contributed by atoms with E-state index in [0.717, 1.165) is 0 Å². The molecule has 0 saturated heterocycles. The number of ether oxygens (including phenoxy) is 2. The van der Waals surface area contributed by atoms with Crippen LogP contribution in [-0.4, -0.2) is 32.0 Å². The van der Waals surface area contributed by atoms with Gasteiger partial charge >= 0.3 is 11.9 Å². The molecule has 0 saturated carbocycles. The predicted molar refractivity (Wildman–Crippen MR) is 75.4 cm³/mol. The van der Waals surface area contributed by atoms with Crippen molar-refractivity contribution in [3.8, 4) is 5.75 Å². The third-order valence-corrected chi connectivity index (χ3v) is 3.32. The molecular formula is C15H16O7. The van der Waals surface area contributed by atoms with E-state index in [1.54, 1.807) is 37.3 Å². The van der Waals surface area contributed by atoms with E-state index in [-0.39, 0.29) is 6.42 Å². The van der Waals surface area contributed by atoms with E-state index < -0.39 is 41.2 Å². The van der Waals surface area contributed by atoms with Gasteiger partial charge in [0, 0.05) is 0 Å². The molecule has 1 aliphatic heterocycles. The summed E-state index contributed by atoms with van der Waals surface area (Å²) in [5.41, 5.74) is -1.70. The van der Waals surface area contributed by atoms with Gasteiger partial charge in [-0.2, -0.15) is 0 Å². The van der Waals surface area contributed by atoms with Crippen LogP contribution in [0.5, 0.6) is 5.75 Å². The van der Waals surface area contributed by atoms with Crippen LogP contribution >= 0.6 is 0 Å². The highest BCUT2D eigenvalue weighted by molar-refractivity contribution is 5.69. The van der Waals surface area contributed by atoms with Crippen molar-refractivity contribution in [2.45, 2.75) is 25.4 Å². The molecule has 7 heteroatoms. The number of aliphatic hydroxyl groups excluding tert-OH is 3. The second-order valence-corrected chi connectivity index (χ2v) is 4.77. The Morgan fingerprint density at radius 2 is 1.82 bits per heavy atom. The lowest BCUT2D eigenvalue weighted by Gasteiger charge is -2.35. The van der Waals surface area contributed by atoms with Gasteiger partial charge in [-0.3, -0.25) is 4.79 Å². The molecule has 1 aliphatic rings. The van der Waals surface area contributed by atoms with Crippen molar-refractivity contribution in [2.75, 3.05) is 0 Å². The summed E-state index contributed by atoms with van der Waals surface area (Å²) in [5.74, 6) is -3.78. The first kappa shape index (κ1) is 15.6. The molecule has 1 aromatic rings. The SMILES string of the molecule is CCC1(CC(=O)O)OC(Oc2ccccc2)=C(O)C(O)=C1O. The molecule has 0 aliphatic carbocycles. The highest BCUT2D eigenvalue weighted by Gasteiger charge is 2.46. The second kappa shape index (κ2) is 5.88. The van der Waals surface area contributed by atoms with Crippen molar-refractivity contribution >= 4 is 5.97 Å². The van der Waals surface area contributed by atoms with Crippen LogP contribution in [0.1, 0.15) is 19.8 Å². The number of carboxylic acids is 1. The second-order valence-electron chi connectivity index (χ2n) is 4.77. The lowest BCUT2D eigenvalue weighted by molar-refractivity contribution is -0.146. The minimum absolute atomic E-state index is 0.0458. The molecule has 1 aromatic carbocycles. The van der Waals surface area contributed by atoms with E-state index in [9.17, 15) is 20.1 Å². The normalized spacial score (nSPS) is 21.5. The predicted octanol–water partition coefficient (Wildman–Crippen LogP) is 2.77. The summed E-state index contributed by atoms with van der Waals surface area (Å²) < 4.78 is 10.7. The highest BCUT2D eigenvalue weighted by atomic mass is 16.7. The number of rotatable bonds is 5. The molecule has 4 N–H and O–H groups in total. The Balaban J connectivity index is 2.40. The molecule has 0 amide bonds. The lowest BCUT2D eigenvalue weighted by Crippen LogP contribution is -2.41. The van der Waals surface area contributed by atoms with Crippen LogP contribution in [-0.2, 0) is 9.53 Å². The van der Waals surface area contributed by atoms with Crippen molar-refractivity contribution in [1.82, 2.24) is 0 Å². The van der Waals surface area contributed by atoms with E-state index in [1.807, 2.05) is 0 Å². The fourth-order valence-corrected chi connectivity index (χ4v) is 2.09. The van der Waals surface area contributed by atoms with Crippen molar-refractivity contribution in [3.63, 3.8) is 0 Å². The van der Waals surface area contributed by atoms with Gasteiger partial charge in [0.05, 0.1) is 6.42 Å². The van der Waals surface area contributed by atoms with Gasteiger partial charge in [0.2, 0.25) is 11.5 Å². The summed E-state index contributed by atoms with van der Waals surface area (Å²) in [4.78, 5) is 11.0. The van der Waals surface area contributed by atoms with Crippen LogP contribution in [0.3, 0.4) is 0 Å². The number of benzene rings is 1. The van der Waals surface area contributed by atoms with E-state index in [2.05, 4.69) is 0 Å². The van der Waals surface area contributed by atoms with E-state index in [4.69, 9.17) is 14.6 Å². The van der Waals surface area contributed by atoms with Gasteiger partial charge in [0.15, 0.2) is 11.4 Å². The summed E-state index contributed by atoms with van der Waals surface area (Å²) in [6.07, 6.45) is -0.557. The first-order chi connectivity index (χ1) is 10.4. The summed E-state index contributed by atoms with van der Waals surface area (Å²) in [6.45, 7) is 1.58. The van der Waals surface area contributed by atoms with Crippen LogP contribution in [0.4, 0.5) is 0 Å². The summed E-state index contributed by atoms with van der Waals surface area (Å²) in [6, 6.07) is 8.31. The van der Waals surface area contributed by atoms with Crippen LogP contribution < -0.4 is 4.74 Å². The Kier molecular flexibility index (Phi) is 4.16. The Hall–Kier alpha value is -2.83. The van der Waals surface area contributed by atoms with Crippen molar-refractivity contribution in [1.29, 1.82) is 0 Å². The molecule has 1 atom stereocenters. The molecule has 22 heavy (non-hydrogen) atoms. The smallest absolute Gasteiger partial charge is 0.334 e. The van der Waals surface area contributed by atoms with Gasteiger partial charge in [0.25, 0.3) is 0 Å². The number of aliphatic hydroxyl groups is 3. The molecule has 0 bridgehead atoms. The minimum atomic E-state index is -1.70. The lowest BCUT2D eigenvalue weighted by atomic mass is 9.91. The number of para-hydroxylation sites is 1. The van der Waals surface area contributed by atoms with E-state index in [1.165, 1.54) is 0 Å². The Labute approximate surface area is 126 Å². The van der Waals surface area contributed by atoms with Gasteiger partial charge < -0.3 is 29.9 Å². The van der Waals surface area contributed by atoms with Crippen LogP contribution in [0.25, 0.3) is 0 Å². The van der Waals surface area contributed by atoms with Gasteiger partial charge in [0.1, 0.15) is 5.75 Å². The van der Waals surface area contributed by atoms with Crippen LogP contribution in [0, 0.1) is 0 Å². The molecule has 1 unspecified atom stereocenters. The molecule has 0 fully saturated rings. The van der Waals surface area contributed by atoms with Gasteiger partial charge in [-0.25, -0.2) is 0 Å². The first-order valence-electron chi connectivity index (χ1n) is 6.59. The molecule has 0 aromatic heterocycles. The van der Waals surface area contributed by atoms with Crippen molar-refractivity contribution in [3.05, 3.63) is 53.6 Å². The third-order valence-electron chi connectivity index (χ3n) is 3.32. The number of carboxylic acid groups (broad SMARTS) is 1. The molecule has 1 heterocycles. The molecule has 2 rings (SSSR count). The van der Waals surface area contributed by atoms with Crippen molar-refractivity contribution < 1.29 is 34.7 Å². The van der Waals surface area contributed by atoms with Gasteiger partial charge in [-0.05, 0) is 18.6 Å². The van der Waals surface area contributed by atoms with Crippen molar-refractivity contribution in [2.24, 2.45) is 0 Å².